The van der Waals surface area contributed by atoms with Gasteiger partial charge >= 0.3 is 6.03 Å². The van der Waals surface area contributed by atoms with E-state index in [9.17, 15) is 14.9 Å². The van der Waals surface area contributed by atoms with E-state index in [4.69, 9.17) is 4.98 Å². The molecule has 2 aromatic carbocycles. The number of rotatable bonds is 8. The van der Waals surface area contributed by atoms with Crippen LogP contribution in [0.5, 0.6) is 0 Å². The molecule has 0 unspecified atom stereocenters. The Morgan fingerprint density at radius 1 is 1.09 bits per heavy atom. The third-order valence-electron chi connectivity index (χ3n) is 5.63. The van der Waals surface area contributed by atoms with Crippen molar-refractivity contribution < 1.29 is 9.72 Å². The van der Waals surface area contributed by atoms with Crippen molar-refractivity contribution in [3.63, 3.8) is 0 Å². The first-order valence-electron chi connectivity index (χ1n) is 11.1. The Hall–Kier alpha value is -3.57. The second-order valence-electron chi connectivity index (χ2n) is 8.17. The number of benzene rings is 2. The van der Waals surface area contributed by atoms with Gasteiger partial charge in [-0.05, 0) is 24.6 Å². The Morgan fingerprint density at radius 3 is 2.47 bits per heavy atom. The fraction of sp³-hybridized carbons (Fsp3) is 0.348. The van der Waals surface area contributed by atoms with Gasteiger partial charge in [0.2, 0.25) is 5.13 Å². The zero-order valence-corrected chi connectivity index (χ0v) is 19.8. The summed E-state index contributed by atoms with van der Waals surface area (Å²) in [5.41, 5.74) is 2.95. The van der Waals surface area contributed by atoms with E-state index in [1.165, 1.54) is 46.9 Å². The van der Waals surface area contributed by atoms with Crippen molar-refractivity contribution in [2.24, 2.45) is 0 Å². The normalized spacial score (nSPS) is 14.1. The molecule has 0 atom stereocenters. The number of hydrogen-bond acceptors (Lipinski definition) is 8. The number of nitrogens with zero attached hydrogens (tertiary/aromatic N) is 5. The van der Waals surface area contributed by atoms with Crippen LogP contribution in [0.3, 0.4) is 0 Å². The number of urea groups is 1. The number of piperazine rings is 1. The second kappa shape index (κ2) is 11.0. The van der Waals surface area contributed by atoms with Crippen molar-refractivity contribution in [2.75, 3.05) is 49.5 Å². The van der Waals surface area contributed by atoms with Gasteiger partial charge in [-0.3, -0.25) is 15.0 Å². The van der Waals surface area contributed by atoms with E-state index < -0.39 is 4.92 Å². The van der Waals surface area contributed by atoms with Gasteiger partial charge in [-0.1, -0.05) is 29.8 Å². The Labute approximate surface area is 201 Å². The van der Waals surface area contributed by atoms with Gasteiger partial charge < -0.3 is 15.5 Å². The molecule has 1 saturated heterocycles. The van der Waals surface area contributed by atoms with Crippen LogP contribution in [-0.4, -0.2) is 64.5 Å². The summed E-state index contributed by atoms with van der Waals surface area (Å²) in [6, 6.07) is 13.9. The summed E-state index contributed by atoms with van der Waals surface area (Å²) in [5, 5.41) is 17.2. The van der Waals surface area contributed by atoms with Crippen molar-refractivity contribution in [2.45, 2.75) is 13.3 Å². The van der Waals surface area contributed by atoms with Crippen LogP contribution in [0.15, 0.2) is 48.5 Å². The van der Waals surface area contributed by atoms with Crippen molar-refractivity contribution in [3.8, 4) is 0 Å². The van der Waals surface area contributed by atoms with Crippen LogP contribution in [0, 0.1) is 17.0 Å². The van der Waals surface area contributed by atoms with Gasteiger partial charge in [-0.25, -0.2) is 9.78 Å². The lowest BCUT2D eigenvalue weighted by molar-refractivity contribution is -0.384. The van der Waals surface area contributed by atoms with Crippen LogP contribution in [0.25, 0.3) is 0 Å². The molecule has 10 nitrogen and oxygen atoms in total. The first kappa shape index (κ1) is 23.6. The Balaban J connectivity index is 1.16. The lowest BCUT2D eigenvalue weighted by atomic mass is 10.1. The third kappa shape index (κ3) is 6.49. The molecule has 0 saturated carbocycles. The van der Waals surface area contributed by atoms with Crippen LogP contribution >= 0.6 is 11.5 Å². The third-order valence-corrected chi connectivity index (χ3v) is 6.45. The molecule has 1 aliphatic rings. The summed E-state index contributed by atoms with van der Waals surface area (Å²) >= 11 is 1.45. The maximum Gasteiger partial charge on any atom is 0.319 e. The van der Waals surface area contributed by atoms with Crippen LogP contribution in [0.4, 0.5) is 21.3 Å². The van der Waals surface area contributed by atoms with Gasteiger partial charge in [0.25, 0.3) is 5.69 Å². The highest BCUT2D eigenvalue weighted by atomic mass is 32.1. The number of anilines is 2. The summed E-state index contributed by atoms with van der Waals surface area (Å²) in [6.07, 6.45) is 0.740. The summed E-state index contributed by atoms with van der Waals surface area (Å²) in [6.45, 7) is 6.85. The smallest absolute Gasteiger partial charge is 0.319 e. The van der Waals surface area contributed by atoms with E-state index in [0.717, 1.165) is 50.1 Å². The van der Waals surface area contributed by atoms with Gasteiger partial charge in [0.05, 0.1) is 4.92 Å². The van der Waals surface area contributed by atoms with Crippen LogP contribution in [-0.2, 0) is 6.42 Å². The minimum Gasteiger partial charge on any atom is -0.344 e. The van der Waals surface area contributed by atoms with Crippen molar-refractivity contribution in [3.05, 3.63) is 75.6 Å². The molecule has 0 bridgehead atoms. The maximum atomic E-state index is 12.1. The highest BCUT2D eigenvalue weighted by molar-refractivity contribution is 7.09. The summed E-state index contributed by atoms with van der Waals surface area (Å²) in [4.78, 5) is 31.6. The molecule has 11 heteroatoms. The molecule has 0 radical (unpaired) electrons. The fourth-order valence-electron chi connectivity index (χ4n) is 3.67. The molecule has 0 aliphatic carbocycles. The summed E-state index contributed by atoms with van der Waals surface area (Å²) < 4.78 is 4.53. The lowest BCUT2D eigenvalue weighted by Crippen LogP contribution is -2.48. The highest BCUT2D eigenvalue weighted by Gasteiger charge is 2.20. The van der Waals surface area contributed by atoms with Gasteiger partial charge in [-0.15, -0.1) is 0 Å². The Morgan fingerprint density at radius 2 is 1.79 bits per heavy atom. The monoisotopic (exact) mass is 481 g/mol. The molecule has 2 amide bonds. The number of nitrogens with one attached hydrogen (secondary N) is 2. The average Bonchev–Trinajstić information content (AvgIpc) is 3.30. The largest absolute Gasteiger partial charge is 0.344 e. The van der Waals surface area contributed by atoms with Crippen LogP contribution < -0.4 is 15.5 Å². The lowest BCUT2D eigenvalue weighted by Gasteiger charge is -2.34. The number of non-ortho nitro benzene ring substituents is 1. The molecular weight excluding hydrogens is 454 g/mol. The molecule has 178 valence electrons. The molecule has 1 fully saturated rings. The summed E-state index contributed by atoms with van der Waals surface area (Å²) in [5.74, 6) is 0.856. The van der Waals surface area contributed by atoms with Crippen molar-refractivity contribution in [1.29, 1.82) is 0 Å². The van der Waals surface area contributed by atoms with Crippen molar-refractivity contribution >= 4 is 34.1 Å². The van der Waals surface area contributed by atoms with E-state index >= 15 is 0 Å². The van der Waals surface area contributed by atoms with E-state index in [-0.39, 0.29) is 11.7 Å². The first-order valence-corrected chi connectivity index (χ1v) is 11.9. The molecule has 4 rings (SSSR count). The predicted molar refractivity (Wildman–Crippen MR) is 133 cm³/mol. The SMILES string of the molecule is Cc1ccc(Cc2nsc(N3CCN(CCNC(=O)Nc4ccc([N+](=O)[O-])cc4)CC3)n2)cc1. The summed E-state index contributed by atoms with van der Waals surface area (Å²) in [7, 11) is 0. The average molecular weight is 482 g/mol. The quantitative estimate of drug-likeness (QED) is 0.375. The Bertz CT molecular complexity index is 1110. The number of aryl methyl sites for hydroxylation is 1. The zero-order valence-electron chi connectivity index (χ0n) is 18.9. The van der Waals surface area contributed by atoms with Gasteiger partial charge in [0.1, 0.15) is 5.82 Å². The maximum absolute atomic E-state index is 12.1. The van der Waals surface area contributed by atoms with Crippen molar-refractivity contribution in [1.82, 2.24) is 19.6 Å². The number of hydrogen-bond donors (Lipinski definition) is 2. The first-order chi connectivity index (χ1) is 16.5. The van der Waals surface area contributed by atoms with Gasteiger partial charge in [0, 0.05) is 75.0 Å². The molecule has 34 heavy (non-hydrogen) atoms. The van der Waals surface area contributed by atoms with Crippen LogP contribution in [0.2, 0.25) is 0 Å². The highest BCUT2D eigenvalue weighted by Crippen LogP contribution is 2.20. The number of nitro groups is 1. The zero-order chi connectivity index (χ0) is 23.9. The fourth-order valence-corrected chi connectivity index (χ4v) is 4.40. The number of amides is 2. The molecular formula is C23H27N7O3S. The molecule has 1 aliphatic heterocycles. The molecule has 0 spiro atoms. The number of nitro benzene ring substituents is 1. The molecule has 2 N–H and O–H groups in total. The van der Waals surface area contributed by atoms with E-state index in [2.05, 4.69) is 56.0 Å². The van der Waals surface area contributed by atoms with Gasteiger partial charge in [0.15, 0.2) is 0 Å². The Kier molecular flexibility index (Phi) is 7.65. The molecule has 1 aromatic heterocycles. The topological polar surface area (TPSA) is 117 Å². The minimum absolute atomic E-state index is 0.0129. The number of carbonyl (C=O) groups is 1. The number of carbonyl (C=O) groups excluding carboxylic acids is 1. The van der Waals surface area contributed by atoms with E-state index in [1.54, 1.807) is 0 Å². The van der Waals surface area contributed by atoms with Gasteiger partial charge in [-0.2, -0.15) is 4.37 Å². The minimum atomic E-state index is -0.473. The second-order valence-corrected chi connectivity index (χ2v) is 8.90. The van der Waals surface area contributed by atoms with E-state index in [0.29, 0.717) is 12.2 Å². The predicted octanol–water partition coefficient (Wildman–Crippen LogP) is 3.29. The molecule has 3 aromatic rings. The standard InChI is InChI=1S/C23H27N7O3S/c1-17-2-4-18(5-3-17)16-21-26-23(34-27-21)29-14-12-28(13-15-29)11-10-24-22(31)25-19-6-8-20(9-7-19)30(32)33/h2-9H,10-16H2,1H3,(H2,24,25,31). The van der Waals surface area contributed by atoms with Crippen LogP contribution in [0.1, 0.15) is 17.0 Å². The number of aromatic nitrogens is 2. The van der Waals surface area contributed by atoms with E-state index in [1.807, 2.05) is 0 Å². The molecule has 2 heterocycles.